The van der Waals surface area contributed by atoms with Gasteiger partial charge < -0.3 is 25.0 Å². The third-order valence-electron chi connectivity index (χ3n) is 6.09. The number of rotatable bonds is 7. The monoisotopic (exact) mass is 762 g/mol. The summed E-state index contributed by atoms with van der Waals surface area (Å²) in [6, 6.07) is 12.0. The molecule has 5 rings (SSSR count). The molecule has 0 aliphatic heterocycles. The Bertz CT molecular complexity index is 2150. The molecule has 0 atom stereocenters. The zero-order chi connectivity index (χ0) is 34.6. The average molecular weight is 763 g/mol. The van der Waals surface area contributed by atoms with Crippen LogP contribution in [0.1, 0.15) is 17.0 Å². The predicted molar refractivity (Wildman–Crippen MR) is 155 cm³/mol. The predicted octanol–water partition coefficient (Wildman–Crippen LogP) is -2.20. The first-order valence-electron chi connectivity index (χ1n) is 12.9. The Balaban J connectivity index is 0.000000536. The smallest absolute Gasteiger partial charge is 0.871 e. The Morgan fingerprint density at radius 3 is 2.04 bits per heavy atom. The van der Waals surface area contributed by atoms with Gasteiger partial charge in [-0.1, -0.05) is 46.9 Å². The second kappa shape index (κ2) is 18.4. The van der Waals surface area contributed by atoms with Gasteiger partial charge in [-0.2, -0.15) is 20.4 Å². The van der Waals surface area contributed by atoms with Crippen molar-refractivity contribution in [2.24, 2.45) is 20.5 Å². The third kappa shape index (κ3) is 10.6. The molecule has 248 valence electrons. The number of benzene rings is 3. The molecule has 0 saturated heterocycles. The summed E-state index contributed by atoms with van der Waals surface area (Å²) in [5.41, 5.74) is 0.359. The summed E-state index contributed by atoms with van der Waals surface area (Å²) in [4.78, 5) is 8.65. The Kier molecular flexibility index (Phi) is 16.3. The van der Waals surface area contributed by atoms with Crippen molar-refractivity contribution in [3.8, 4) is 28.9 Å². The third-order valence-corrected chi connectivity index (χ3v) is 7.16. The normalized spacial score (nSPS) is 10.9. The summed E-state index contributed by atoms with van der Waals surface area (Å²) in [5.74, 6) is -2.86. The van der Waals surface area contributed by atoms with Crippen LogP contribution in [0.2, 0.25) is 5.02 Å². The molecule has 0 fully saturated rings. The van der Waals surface area contributed by atoms with Gasteiger partial charge in [0.25, 0.3) is 5.69 Å². The van der Waals surface area contributed by atoms with E-state index in [1.165, 1.54) is 25.1 Å². The number of azo groups is 2. The van der Waals surface area contributed by atoms with E-state index in [1.807, 2.05) is 6.92 Å². The fourth-order valence-corrected chi connectivity index (χ4v) is 4.47. The van der Waals surface area contributed by atoms with Gasteiger partial charge in [-0.25, -0.2) is 13.1 Å². The largest absolute Gasteiger partial charge is 2.00 e. The van der Waals surface area contributed by atoms with E-state index in [0.29, 0.717) is 28.5 Å². The van der Waals surface area contributed by atoms with Crippen molar-refractivity contribution < 1.29 is 104 Å². The van der Waals surface area contributed by atoms with Crippen LogP contribution in [-0.4, -0.2) is 37.9 Å². The van der Waals surface area contributed by atoms with E-state index in [2.05, 4.69) is 35.8 Å². The molecule has 0 aliphatic carbocycles. The van der Waals surface area contributed by atoms with Gasteiger partial charge in [-0.05, 0) is 45.0 Å². The second-order valence-corrected chi connectivity index (χ2v) is 11.3. The molecule has 23 heteroatoms. The first kappa shape index (κ1) is 44.2. The first-order chi connectivity index (χ1) is 22.1. The van der Waals surface area contributed by atoms with Crippen LogP contribution in [0.25, 0.3) is 5.69 Å². The Morgan fingerprint density at radius 1 is 0.880 bits per heavy atom. The van der Waals surface area contributed by atoms with E-state index >= 15 is 0 Å². The molecule has 0 amide bonds. The number of hydrogen-bond donors (Lipinski definition) is 1. The standard InChI is InChI=1S/C17H15N5O7S.C10H9ClN4O2.Cr.Li.Na/c1-9-3-5-11(6-4-9)21-17(24)15(10(2)20-21)19-18-13-7-12(22(25)26)8-14(16(13)23)30(27,28)29;1-5-9(10(17)15-12-5)14-13-7-4-6(11)2-3-8(7)16;;;/h3-8,23-24H,1-2H3,(H,27,28,29);2-4,16H,1H3,(H2,12,15,17);;;/q;;+2;2*+1/p-5. The molecule has 0 aliphatic rings. The van der Waals surface area contributed by atoms with Gasteiger partial charge in [-0.3, -0.25) is 15.2 Å². The number of halogens is 1. The topological polar surface area (TPSA) is 289 Å². The quantitative estimate of drug-likeness (QED) is 0.0610. The fourth-order valence-electron chi connectivity index (χ4n) is 3.71. The van der Waals surface area contributed by atoms with E-state index in [1.54, 1.807) is 31.2 Å². The molecule has 5 aromatic rings. The Labute approximate surface area is 333 Å². The number of hydrogen-bond acceptors (Lipinski definition) is 15. The van der Waals surface area contributed by atoms with Crippen LogP contribution in [0.4, 0.5) is 28.4 Å². The molecule has 2 heterocycles. The Hall–Kier alpha value is -3.79. The summed E-state index contributed by atoms with van der Waals surface area (Å²) in [7, 11) is -5.29. The summed E-state index contributed by atoms with van der Waals surface area (Å²) < 4.78 is 34.8. The number of nitro benzene ring substituents is 1. The molecule has 50 heavy (non-hydrogen) atoms. The number of nitro groups is 1. The van der Waals surface area contributed by atoms with Crippen molar-refractivity contribution in [2.45, 2.75) is 25.7 Å². The molecular formula is C27H19ClCrLiN9NaO9S-. The van der Waals surface area contributed by atoms with Crippen LogP contribution in [0, 0.1) is 30.9 Å². The maximum atomic E-state index is 12.6. The molecule has 0 saturated carbocycles. The molecular weight excluding hydrogens is 744 g/mol. The maximum Gasteiger partial charge on any atom is 2.00 e. The molecule has 0 spiro atoms. The van der Waals surface area contributed by atoms with Crippen molar-refractivity contribution in [3.05, 3.63) is 86.7 Å². The number of aromatic amines is 1. The van der Waals surface area contributed by atoms with Crippen LogP contribution >= 0.6 is 11.6 Å². The number of nitrogens with zero attached hydrogens (tertiary/aromatic N) is 8. The summed E-state index contributed by atoms with van der Waals surface area (Å²) in [6.45, 7) is 4.96. The number of aryl methyl sites for hydroxylation is 3. The van der Waals surface area contributed by atoms with Crippen LogP contribution < -0.4 is 68.8 Å². The summed E-state index contributed by atoms with van der Waals surface area (Å²) >= 11 is 5.72. The summed E-state index contributed by atoms with van der Waals surface area (Å²) in [6.07, 6.45) is 0. The zero-order valence-electron chi connectivity index (χ0n) is 26.6. The maximum absolute atomic E-state index is 12.6. The number of non-ortho nitro benzene ring substituents is 1. The van der Waals surface area contributed by atoms with Gasteiger partial charge in [0.1, 0.15) is 21.5 Å². The van der Waals surface area contributed by atoms with Crippen molar-refractivity contribution in [2.75, 3.05) is 0 Å². The van der Waals surface area contributed by atoms with Crippen molar-refractivity contribution in [1.29, 1.82) is 0 Å². The molecule has 2 aromatic heterocycles. The van der Waals surface area contributed by atoms with Crippen molar-refractivity contribution in [3.63, 3.8) is 0 Å². The van der Waals surface area contributed by atoms with Crippen LogP contribution in [0.15, 0.2) is 79.9 Å². The van der Waals surface area contributed by atoms with Gasteiger partial charge in [0.05, 0.1) is 38.3 Å². The Morgan fingerprint density at radius 2 is 1.48 bits per heavy atom. The van der Waals surface area contributed by atoms with Crippen LogP contribution in [0.5, 0.6) is 23.3 Å². The molecule has 18 nitrogen and oxygen atoms in total. The summed E-state index contributed by atoms with van der Waals surface area (Å²) in [5, 5.41) is 83.2. The average Bonchev–Trinajstić information content (AvgIpc) is 3.48. The molecule has 0 unspecified atom stereocenters. The van der Waals surface area contributed by atoms with Crippen molar-refractivity contribution >= 4 is 50.2 Å². The second-order valence-electron chi connectivity index (χ2n) is 9.50. The van der Waals surface area contributed by atoms with Gasteiger partial charge >= 0.3 is 65.8 Å². The fraction of sp³-hybridized carbons (Fsp3) is 0.111. The molecule has 3 aromatic carbocycles. The first-order valence-corrected chi connectivity index (χ1v) is 14.7. The van der Waals surface area contributed by atoms with Crippen molar-refractivity contribution in [1.82, 2.24) is 20.0 Å². The molecule has 0 bridgehead atoms. The van der Waals surface area contributed by atoms with E-state index < -0.39 is 48.8 Å². The number of aromatic nitrogens is 4. The SMILES string of the molecule is Cc1[nH]nc([O-])c1N=Nc1cc(Cl)ccc1[O-].Cc1ccc(-n2nc(C)c(N=Nc3cc([N+](=O)[O-])cc(S(=O)(=O)[O-])c3[O-])c2[O-])cc1.[Cr+2].[Li+].[Na+]. The minimum atomic E-state index is -5.29. The van der Waals surface area contributed by atoms with Gasteiger partial charge in [0.15, 0.2) is 0 Å². The van der Waals surface area contributed by atoms with E-state index in [9.17, 15) is 43.5 Å². The number of nitrogens with one attached hydrogen (secondary N) is 1. The van der Waals surface area contributed by atoms with E-state index in [4.69, 9.17) is 11.6 Å². The van der Waals surface area contributed by atoms with Gasteiger partial charge in [0.2, 0.25) is 0 Å². The zero-order valence-corrected chi connectivity index (χ0v) is 31.5. The number of H-pyrrole nitrogens is 1. The molecule has 0 radical (unpaired) electrons. The van der Waals surface area contributed by atoms with Gasteiger partial charge in [-0.15, -0.1) is 10.2 Å². The minimum Gasteiger partial charge on any atom is -0.871 e. The minimum absolute atomic E-state index is 0. The van der Waals surface area contributed by atoms with Gasteiger partial charge in [0, 0.05) is 28.9 Å². The van der Waals surface area contributed by atoms with E-state index in [-0.39, 0.29) is 94.3 Å². The molecule has 1 N–H and O–H groups in total. The van der Waals surface area contributed by atoms with E-state index in [0.717, 1.165) is 10.2 Å². The van der Waals surface area contributed by atoms with Crippen LogP contribution in [0.3, 0.4) is 0 Å². The van der Waals surface area contributed by atoms with Crippen LogP contribution in [-0.2, 0) is 27.5 Å².